The van der Waals surface area contributed by atoms with E-state index in [-0.39, 0.29) is 25.9 Å². The van der Waals surface area contributed by atoms with Gasteiger partial charge in [0.15, 0.2) is 16.6 Å². The van der Waals surface area contributed by atoms with Crippen LogP contribution in [0.4, 0.5) is 5.13 Å². The molecule has 3 heterocycles. The van der Waals surface area contributed by atoms with E-state index in [1.165, 1.54) is 11.3 Å². The smallest absolute Gasteiger partial charge is 0.277 e. The maximum Gasteiger partial charge on any atom is 0.277 e. The van der Waals surface area contributed by atoms with Gasteiger partial charge in [0.1, 0.15) is 5.15 Å². The highest BCUT2D eigenvalue weighted by molar-refractivity contribution is 7.19. The number of carbonyl (C=O) groups excluding carboxylic acids is 1. The Labute approximate surface area is 195 Å². The van der Waals surface area contributed by atoms with Crippen molar-refractivity contribution in [1.29, 1.82) is 0 Å². The molecule has 0 aliphatic heterocycles. The number of imidazole rings is 1. The Morgan fingerprint density at radius 2 is 1.77 bits per heavy atom. The SMILES string of the molecule is Cn1ccnc1-c1sc(NC(=O)c2nc(Cl)c(Cl)c(Cl)c2Cl)nc1-c1ccccc1. The van der Waals surface area contributed by atoms with Crippen molar-refractivity contribution in [2.75, 3.05) is 5.32 Å². The van der Waals surface area contributed by atoms with Crippen molar-refractivity contribution in [2.45, 2.75) is 0 Å². The number of carbonyl (C=O) groups is 1. The number of nitrogens with zero attached hydrogens (tertiary/aromatic N) is 4. The van der Waals surface area contributed by atoms with Gasteiger partial charge in [-0.15, -0.1) is 0 Å². The number of nitrogens with one attached hydrogen (secondary N) is 1. The van der Waals surface area contributed by atoms with Crippen LogP contribution < -0.4 is 5.32 Å². The van der Waals surface area contributed by atoms with E-state index in [0.717, 1.165) is 16.3 Å². The zero-order chi connectivity index (χ0) is 21.4. The van der Waals surface area contributed by atoms with Gasteiger partial charge in [-0.3, -0.25) is 10.1 Å². The van der Waals surface area contributed by atoms with E-state index in [4.69, 9.17) is 46.4 Å². The third kappa shape index (κ3) is 3.91. The van der Waals surface area contributed by atoms with Gasteiger partial charge in [0, 0.05) is 25.0 Å². The van der Waals surface area contributed by atoms with Crippen LogP contribution in [-0.4, -0.2) is 25.4 Å². The highest BCUT2D eigenvalue weighted by Crippen LogP contribution is 2.39. The third-order valence-electron chi connectivity index (χ3n) is 4.12. The molecule has 0 saturated carbocycles. The summed E-state index contributed by atoms with van der Waals surface area (Å²) in [5.74, 6) is 0.112. The van der Waals surface area contributed by atoms with Crippen LogP contribution in [0.25, 0.3) is 22.0 Å². The highest BCUT2D eigenvalue weighted by Gasteiger charge is 2.23. The first kappa shape index (κ1) is 21.1. The van der Waals surface area contributed by atoms with Crippen LogP contribution in [-0.2, 0) is 7.05 Å². The van der Waals surface area contributed by atoms with Gasteiger partial charge in [0.25, 0.3) is 5.91 Å². The van der Waals surface area contributed by atoms with E-state index in [2.05, 4.69) is 20.3 Å². The van der Waals surface area contributed by atoms with Gasteiger partial charge in [0.05, 0.1) is 25.6 Å². The summed E-state index contributed by atoms with van der Waals surface area (Å²) in [6, 6.07) is 9.61. The standard InChI is InChI=1S/C19H11Cl4N5OS/c1-28-8-7-24-17(28)15-13(9-5-3-2-4-6-9)26-19(30-15)27-18(29)14-11(21)10(20)12(22)16(23)25-14/h2-8H,1H3,(H,26,27,29). The number of rotatable bonds is 4. The number of amides is 1. The molecule has 1 aromatic carbocycles. The number of halogens is 4. The summed E-state index contributed by atoms with van der Waals surface area (Å²) in [6.45, 7) is 0. The molecular weight excluding hydrogens is 488 g/mol. The number of pyridine rings is 1. The monoisotopic (exact) mass is 497 g/mol. The van der Waals surface area contributed by atoms with E-state index >= 15 is 0 Å². The van der Waals surface area contributed by atoms with Gasteiger partial charge < -0.3 is 4.57 Å². The Morgan fingerprint density at radius 1 is 1.03 bits per heavy atom. The summed E-state index contributed by atoms with van der Waals surface area (Å²) in [7, 11) is 1.89. The lowest BCUT2D eigenvalue weighted by Gasteiger charge is -2.07. The van der Waals surface area contributed by atoms with Crippen LogP contribution in [0.2, 0.25) is 20.2 Å². The van der Waals surface area contributed by atoms with E-state index in [1.807, 2.05) is 48.1 Å². The number of hydrogen-bond donors (Lipinski definition) is 1. The first-order valence-electron chi connectivity index (χ1n) is 8.42. The molecular formula is C19H11Cl4N5OS. The molecule has 0 aliphatic carbocycles. The number of aryl methyl sites for hydroxylation is 1. The topological polar surface area (TPSA) is 72.7 Å². The molecule has 3 aromatic heterocycles. The predicted molar refractivity (Wildman–Crippen MR) is 122 cm³/mol. The molecule has 0 radical (unpaired) electrons. The van der Waals surface area contributed by atoms with Crippen LogP contribution in [0.5, 0.6) is 0 Å². The van der Waals surface area contributed by atoms with Crippen LogP contribution in [0.3, 0.4) is 0 Å². The molecule has 0 fully saturated rings. The summed E-state index contributed by atoms with van der Waals surface area (Å²) in [5, 5.41) is 2.79. The maximum atomic E-state index is 12.8. The van der Waals surface area contributed by atoms with Crippen molar-refractivity contribution in [2.24, 2.45) is 7.05 Å². The van der Waals surface area contributed by atoms with Crippen molar-refractivity contribution in [3.8, 4) is 22.0 Å². The summed E-state index contributed by atoms with van der Waals surface area (Å²) in [6.07, 6.45) is 3.53. The first-order valence-corrected chi connectivity index (χ1v) is 10.7. The fraction of sp³-hybridized carbons (Fsp3) is 0.0526. The molecule has 0 saturated heterocycles. The molecule has 1 amide bonds. The fourth-order valence-corrected chi connectivity index (χ4v) is 4.53. The molecule has 0 unspecified atom stereocenters. The summed E-state index contributed by atoms with van der Waals surface area (Å²) >= 11 is 25.3. The Hall–Kier alpha value is -2.16. The quantitative estimate of drug-likeness (QED) is 0.327. The van der Waals surface area contributed by atoms with Crippen LogP contribution in [0, 0.1) is 0 Å². The van der Waals surface area contributed by atoms with Crippen molar-refractivity contribution >= 4 is 68.8 Å². The molecule has 4 rings (SSSR count). The second kappa shape index (κ2) is 8.53. The second-order valence-corrected chi connectivity index (χ2v) is 8.56. The van der Waals surface area contributed by atoms with Gasteiger partial charge in [-0.05, 0) is 0 Å². The summed E-state index contributed by atoms with van der Waals surface area (Å²) in [4.78, 5) is 26.5. The van der Waals surface area contributed by atoms with Gasteiger partial charge in [-0.2, -0.15) is 0 Å². The van der Waals surface area contributed by atoms with Crippen molar-refractivity contribution in [3.63, 3.8) is 0 Å². The zero-order valence-corrected chi connectivity index (χ0v) is 19.0. The van der Waals surface area contributed by atoms with E-state index < -0.39 is 5.91 Å². The van der Waals surface area contributed by atoms with Gasteiger partial charge in [0.2, 0.25) is 0 Å². The van der Waals surface area contributed by atoms with Gasteiger partial charge in [-0.25, -0.2) is 15.0 Å². The molecule has 30 heavy (non-hydrogen) atoms. The lowest BCUT2D eigenvalue weighted by molar-refractivity contribution is 0.102. The average molecular weight is 499 g/mol. The molecule has 0 spiro atoms. The second-order valence-electron chi connectivity index (χ2n) is 6.07. The van der Waals surface area contributed by atoms with Crippen molar-refractivity contribution in [1.82, 2.24) is 19.5 Å². The van der Waals surface area contributed by atoms with E-state index in [0.29, 0.717) is 10.8 Å². The molecule has 152 valence electrons. The summed E-state index contributed by atoms with van der Waals surface area (Å²) < 4.78 is 1.88. The normalized spacial score (nSPS) is 11.0. The number of thiazole rings is 1. The maximum absolute atomic E-state index is 12.8. The zero-order valence-electron chi connectivity index (χ0n) is 15.2. The Bertz CT molecular complexity index is 1260. The minimum Gasteiger partial charge on any atom is -0.333 e. The molecule has 11 heteroatoms. The van der Waals surface area contributed by atoms with Crippen LogP contribution in [0.1, 0.15) is 10.5 Å². The fourth-order valence-electron chi connectivity index (χ4n) is 2.70. The van der Waals surface area contributed by atoms with E-state index in [9.17, 15) is 4.79 Å². The molecule has 4 aromatic rings. The summed E-state index contributed by atoms with van der Waals surface area (Å²) in [5.41, 5.74) is 1.43. The van der Waals surface area contributed by atoms with Crippen LogP contribution >= 0.6 is 57.7 Å². The van der Waals surface area contributed by atoms with Crippen LogP contribution in [0.15, 0.2) is 42.7 Å². The minimum atomic E-state index is -0.611. The molecule has 0 atom stereocenters. The average Bonchev–Trinajstić information content (AvgIpc) is 3.35. The number of hydrogen-bond acceptors (Lipinski definition) is 5. The van der Waals surface area contributed by atoms with E-state index in [1.54, 1.807) is 6.20 Å². The Balaban J connectivity index is 1.75. The number of anilines is 1. The Morgan fingerprint density at radius 3 is 2.43 bits per heavy atom. The highest BCUT2D eigenvalue weighted by atomic mass is 35.5. The molecule has 0 bridgehead atoms. The van der Waals surface area contributed by atoms with Gasteiger partial charge in [-0.1, -0.05) is 88.1 Å². The van der Waals surface area contributed by atoms with Crippen molar-refractivity contribution in [3.05, 3.63) is 68.6 Å². The predicted octanol–water partition coefficient (Wildman–Crippen LogP) is 6.47. The molecule has 0 aliphatic rings. The largest absolute Gasteiger partial charge is 0.333 e. The third-order valence-corrected chi connectivity index (χ3v) is 6.76. The van der Waals surface area contributed by atoms with Gasteiger partial charge >= 0.3 is 0 Å². The molecule has 1 N–H and O–H groups in total. The lowest BCUT2D eigenvalue weighted by Crippen LogP contribution is -2.14. The molecule has 6 nitrogen and oxygen atoms in total. The number of aromatic nitrogens is 4. The minimum absolute atomic E-state index is 0.0161. The Kier molecular flexibility index (Phi) is 5.99. The lowest BCUT2D eigenvalue weighted by atomic mass is 10.1. The first-order chi connectivity index (χ1) is 14.4. The van der Waals surface area contributed by atoms with Crippen molar-refractivity contribution < 1.29 is 4.79 Å². The number of benzene rings is 1.